The van der Waals surface area contributed by atoms with Gasteiger partial charge in [0, 0.05) is 17.1 Å². The number of carbonyl (C=O) groups excluding carboxylic acids is 1. The molecule has 0 aromatic heterocycles. The molecule has 0 saturated carbocycles. The highest BCUT2D eigenvalue weighted by molar-refractivity contribution is 9.10. The molecule has 21 heavy (non-hydrogen) atoms. The number of nitrogens with one attached hydrogen (secondary N) is 2. The Morgan fingerprint density at radius 1 is 1.52 bits per heavy atom. The van der Waals surface area contributed by atoms with E-state index >= 15 is 0 Å². The van der Waals surface area contributed by atoms with E-state index in [2.05, 4.69) is 38.4 Å². The third kappa shape index (κ3) is 5.09. The van der Waals surface area contributed by atoms with Crippen LogP contribution in [0.3, 0.4) is 0 Å². The summed E-state index contributed by atoms with van der Waals surface area (Å²) in [6.07, 6.45) is 2.45. The van der Waals surface area contributed by atoms with Gasteiger partial charge in [0.05, 0.1) is 12.2 Å². The zero-order valence-corrected chi connectivity index (χ0v) is 14.4. The monoisotopic (exact) mass is 353 g/mol. The molecule has 1 aromatic carbocycles. The standard InChI is InChI=1S/C16H24BrN3O/c1-3-20(10-13-5-4-8-18-13)11-16(21)19-15-7-6-12(2)9-14(15)17/h6-7,9,13,18H,3-5,8,10-11H2,1-2H3,(H,19,21). The van der Waals surface area contributed by atoms with Crippen LogP contribution in [0.2, 0.25) is 0 Å². The highest BCUT2D eigenvalue weighted by Crippen LogP contribution is 2.23. The van der Waals surface area contributed by atoms with Crippen LogP contribution in [0.25, 0.3) is 0 Å². The average Bonchev–Trinajstić information content (AvgIpc) is 2.94. The zero-order chi connectivity index (χ0) is 15.2. The number of likely N-dealkylation sites (N-methyl/N-ethyl adjacent to an activating group) is 1. The Kier molecular flexibility index (Phi) is 6.21. The van der Waals surface area contributed by atoms with Gasteiger partial charge in [-0.15, -0.1) is 0 Å². The summed E-state index contributed by atoms with van der Waals surface area (Å²) >= 11 is 3.49. The van der Waals surface area contributed by atoms with E-state index in [0.717, 1.165) is 29.8 Å². The van der Waals surface area contributed by atoms with Crippen molar-refractivity contribution in [1.82, 2.24) is 10.2 Å². The molecule has 1 unspecified atom stereocenters. The number of carbonyl (C=O) groups is 1. The van der Waals surface area contributed by atoms with Crippen molar-refractivity contribution in [2.24, 2.45) is 0 Å². The van der Waals surface area contributed by atoms with Crippen LogP contribution < -0.4 is 10.6 Å². The molecule has 1 aliphatic heterocycles. The highest BCUT2D eigenvalue weighted by Gasteiger charge is 2.18. The van der Waals surface area contributed by atoms with E-state index in [9.17, 15) is 4.79 Å². The normalized spacial score (nSPS) is 18.2. The van der Waals surface area contributed by atoms with E-state index < -0.39 is 0 Å². The van der Waals surface area contributed by atoms with E-state index in [0.29, 0.717) is 12.6 Å². The van der Waals surface area contributed by atoms with Crippen LogP contribution in [0.4, 0.5) is 5.69 Å². The Morgan fingerprint density at radius 3 is 2.95 bits per heavy atom. The van der Waals surface area contributed by atoms with E-state index in [1.165, 1.54) is 18.4 Å². The molecule has 5 heteroatoms. The molecule has 0 radical (unpaired) electrons. The lowest BCUT2D eigenvalue weighted by atomic mass is 10.2. The Hall–Kier alpha value is -0.910. The van der Waals surface area contributed by atoms with Gasteiger partial charge < -0.3 is 10.6 Å². The van der Waals surface area contributed by atoms with Crippen molar-refractivity contribution in [1.29, 1.82) is 0 Å². The van der Waals surface area contributed by atoms with Gasteiger partial charge in [-0.05, 0) is 66.5 Å². The van der Waals surface area contributed by atoms with Crippen LogP contribution in [-0.4, -0.2) is 43.0 Å². The van der Waals surface area contributed by atoms with Crippen molar-refractivity contribution in [3.05, 3.63) is 28.2 Å². The van der Waals surface area contributed by atoms with Crippen LogP contribution >= 0.6 is 15.9 Å². The molecule has 116 valence electrons. The SMILES string of the molecule is CCN(CC(=O)Nc1ccc(C)cc1Br)CC1CCCN1. The van der Waals surface area contributed by atoms with Gasteiger partial charge >= 0.3 is 0 Å². The molecular formula is C16H24BrN3O. The third-order valence-electron chi connectivity index (χ3n) is 3.85. The van der Waals surface area contributed by atoms with Crippen LogP contribution in [0.5, 0.6) is 0 Å². The fraction of sp³-hybridized carbons (Fsp3) is 0.562. The Balaban J connectivity index is 1.86. The first-order valence-electron chi connectivity index (χ1n) is 7.60. The van der Waals surface area contributed by atoms with Crippen LogP contribution in [-0.2, 0) is 4.79 Å². The molecule has 4 nitrogen and oxygen atoms in total. The summed E-state index contributed by atoms with van der Waals surface area (Å²) in [5.41, 5.74) is 2.00. The quantitative estimate of drug-likeness (QED) is 0.826. The van der Waals surface area contributed by atoms with E-state index in [-0.39, 0.29) is 5.91 Å². The third-order valence-corrected chi connectivity index (χ3v) is 4.51. The van der Waals surface area contributed by atoms with Crippen molar-refractivity contribution in [2.75, 3.05) is 31.5 Å². The maximum atomic E-state index is 12.2. The minimum Gasteiger partial charge on any atom is -0.324 e. The Labute approximate surface area is 135 Å². The van der Waals surface area contributed by atoms with E-state index in [1.807, 2.05) is 25.1 Å². The molecule has 1 heterocycles. The molecule has 2 N–H and O–H groups in total. The minimum atomic E-state index is 0.0411. The Bertz CT molecular complexity index is 486. The molecule has 0 bridgehead atoms. The number of benzene rings is 1. The average molecular weight is 354 g/mol. The van der Waals surface area contributed by atoms with Gasteiger partial charge in [0.2, 0.25) is 5.91 Å². The number of halogens is 1. The summed E-state index contributed by atoms with van der Waals surface area (Å²) in [6, 6.07) is 6.48. The summed E-state index contributed by atoms with van der Waals surface area (Å²) in [5, 5.41) is 6.46. The van der Waals surface area contributed by atoms with Crippen LogP contribution in [0.15, 0.2) is 22.7 Å². The second kappa shape index (κ2) is 7.92. The van der Waals surface area contributed by atoms with Crippen molar-refractivity contribution >= 4 is 27.5 Å². The number of amides is 1. The smallest absolute Gasteiger partial charge is 0.238 e. The van der Waals surface area contributed by atoms with Crippen molar-refractivity contribution in [2.45, 2.75) is 32.7 Å². The first-order valence-corrected chi connectivity index (χ1v) is 8.39. The number of aryl methyl sites for hydroxylation is 1. The van der Waals surface area contributed by atoms with Gasteiger partial charge in [-0.25, -0.2) is 0 Å². The fourth-order valence-corrected chi connectivity index (χ4v) is 3.24. The van der Waals surface area contributed by atoms with Crippen molar-refractivity contribution in [3.63, 3.8) is 0 Å². The predicted octanol–water partition coefficient (Wildman–Crippen LogP) is 2.77. The molecule has 1 fully saturated rings. The first kappa shape index (κ1) is 16.5. The molecule has 2 rings (SSSR count). The second-order valence-electron chi connectivity index (χ2n) is 5.65. The van der Waals surface area contributed by atoms with Crippen molar-refractivity contribution in [3.8, 4) is 0 Å². The zero-order valence-electron chi connectivity index (χ0n) is 12.8. The molecule has 1 saturated heterocycles. The summed E-state index contributed by atoms with van der Waals surface area (Å²) < 4.78 is 0.927. The summed E-state index contributed by atoms with van der Waals surface area (Å²) in [4.78, 5) is 14.4. The molecule has 1 aliphatic rings. The summed E-state index contributed by atoms with van der Waals surface area (Å²) in [5.74, 6) is 0.0411. The van der Waals surface area contributed by atoms with Gasteiger partial charge in [-0.3, -0.25) is 9.69 Å². The predicted molar refractivity (Wildman–Crippen MR) is 90.6 cm³/mol. The number of rotatable bonds is 6. The Morgan fingerprint density at radius 2 is 2.33 bits per heavy atom. The number of anilines is 1. The number of hydrogen-bond donors (Lipinski definition) is 2. The summed E-state index contributed by atoms with van der Waals surface area (Å²) in [6.45, 7) is 7.51. The van der Waals surface area contributed by atoms with Gasteiger partial charge in [-0.2, -0.15) is 0 Å². The lowest BCUT2D eigenvalue weighted by Crippen LogP contribution is -2.41. The van der Waals surface area contributed by atoms with Gasteiger partial charge in [0.1, 0.15) is 0 Å². The maximum absolute atomic E-state index is 12.2. The molecule has 0 spiro atoms. The fourth-order valence-electron chi connectivity index (χ4n) is 2.64. The molecule has 1 atom stereocenters. The van der Waals surface area contributed by atoms with Gasteiger partial charge in [0.15, 0.2) is 0 Å². The minimum absolute atomic E-state index is 0.0411. The molecule has 0 aliphatic carbocycles. The number of nitrogens with zero attached hydrogens (tertiary/aromatic N) is 1. The van der Waals surface area contributed by atoms with Crippen LogP contribution in [0, 0.1) is 6.92 Å². The maximum Gasteiger partial charge on any atom is 0.238 e. The highest BCUT2D eigenvalue weighted by atomic mass is 79.9. The largest absolute Gasteiger partial charge is 0.324 e. The molecule has 1 amide bonds. The lowest BCUT2D eigenvalue weighted by Gasteiger charge is -2.23. The summed E-state index contributed by atoms with van der Waals surface area (Å²) in [7, 11) is 0. The number of hydrogen-bond acceptors (Lipinski definition) is 3. The van der Waals surface area contributed by atoms with Crippen LogP contribution in [0.1, 0.15) is 25.3 Å². The first-order chi connectivity index (χ1) is 10.1. The lowest BCUT2D eigenvalue weighted by molar-refractivity contribution is -0.117. The van der Waals surface area contributed by atoms with Gasteiger partial charge in [-0.1, -0.05) is 13.0 Å². The van der Waals surface area contributed by atoms with Gasteiger partial charge in [0.25, 0.3) is 0 Å². The van der Waals surface area contributed by atoms with E-state index in [1.54, 1.807) is 0 Å². The molecular weight excluding hydrogens is 330 g/mol. The van der Waals surface area contributed by atoms with Crippen molar-refractivity contribution < 1.29 is 4.79 Å². The van der Waals surface area contributed by atoms with E-state index in [4.69, 9.17) is 0 Å². The molecule has 1 aromatic rings. The topological polar surface area (TPSA) is 44.4 Å². The second-order valence-corrected chi connectivity index (χ2v) is 6.51.